The lowest BCUT2D eigenvalue weighted by Gasteiger charge is -2.31. The first-order chi connectivity index (χ1) is 16.0. The molecule has 0 unspecified atom stereocenters. The second-order valence-corrected chi connectivity index (χ2v) is 9.82. The zero-order valence-electron chi connectivity index (χ0n) is 18.6. The number of likely N-dealkylation sites (tertiary alicyclic amines) is 1. The summed E-state index contributed by atoms with van der Waals surface area (Å²) in [4.78, 5) is 30.7. The fraction of sp³-hybridized carbons (Fsp3) is 0.400. The molecule has 1 aliphatic heterocycles. The maximum atomic E-state index is 12.7. The van der Waals surface area contributed by atoms with Gasteiger partial charge in [-0.25, -0.2) is 9.59 Å². The molecule has 8 heteroatoms. The molecule has 33 heavy (non-hydrogen) atoms. The summed E-state index contributed by atoms with van der Waals surface area (Å²) < 4.78 is 0. The molecule has 2 amide bonds. The van der Waals surface area contributed by atoms with E-state index in [0.717, 1.165) is 36.4 Å². The molecule has 0 spiro atoms. The van der Waals surface area contributed by atoms with Crippen molar-refractivity contribution in [3.8, 4) is 0 Å². The Morgan fingerprint density at radius 1 is 1.18 bits per heavy atom. The average Bonchev–Trinajstić information content (AvgIpc) is 2.98. The summed E-state index contributed by atoms with van der Waals surface area (Å²) in [5.74, 6) is -0.308. The summed E-state index contributed by atoms with van der Waals surface area (Å²) in [6.07, 6.45) is 7.44. The third kappa shape index (κ3) is 5.36. The number of fused-ring (bicyclic) bond motifs is 2. The number of nitrogens with zero attached hydrogens (tertiary/aromatic N) is 2. The maximum absolute atomic E-state index is 12.7. The number of hydrogen-bond acceptors (Lipinski definition) is 4. The van der Waals surface area contributed by atoms with Gasteiger partial charge in [0.15, 0.2) is 0 Å². The molecule has 2 heterocycles. The maximum Gasteiger partial charge on any atom is 0.326 e. The van der Waals surface area contributed by atoms with E-state index in [9.17, 15) is 14.7 Å². The molecule has 174 valence electrons. The monoisotopic (exact) mass is 485 g/mol. The Morgan fingerprint density at radius 2 is 1.94 bits per heavy atom. The molecule has 1 saturated heterocycles. The number of amides is 2. The molecular formula is C25H28ClN3O3S. The van der Waals surface area contributed by atoms with E-state index >= 15 is 0 Å². The quantitative estimate of drug-likeness (QED) is 0.644. The number of carbonyl (C=O) groups excluding carboxylic acids is 1. The minimum atomic E-state index is -0.992. The standard InChI is InChI=1S/C25H28ClN3O3S/c1-33-14-10-21(24(30)31)28-25(32)29-12-8-16(9-13-29)22-20-7-6-19(26)15-18(20)5-4-17-3-2-11-27-23(17)22/h2-3,6-7,11,15,21H,4-5,8-10,12-14H2,1H3,(H,28,32)(H,30,31)/t21-/m0/s1. The second-order valence-electron chi connectivity index (χ2n) is 8.40. The van der Waals surface area contributed by atoms with E-state index in [4.69, 9.17) is 16.6 Å². The Morgan fingerprint density at radius 3 is 2.67 bits per heavy atom. The summed E-state index contributed by atoms with van der Waals surface area (Å²) >= 11 is 7.87. The van der Waals surface area contributed by atoms with Gasteiger partial charge in [-0.1, -0.05) is 29.3 Å². The van der Waals surface area contributed by atoms with Crippen LogP contribution >= 0.6 is 23.4 Å². The molecule has 4 rings (SSSR count). The predicted octanol–water partition coefficient (Wildman–Crippen LogP) is 4.65. The minimum Gasteiger partial charge on any atom is -0.480 e. The Hall–Kier alpha value is -2.51. The fourth-order valence-corrected chi connectivity index (χ4v) is 5.26. The van der Waals surface area contributed by atoms with E-state index in [-0.39, 0.29) is 6.03 Å². The van der Waals surface area contributed by atoms with Crippen LogP contribution in [0.2, 0.25) is 5.02 Å². The van der Waals surface area contributed by atoms with Gasteiger partial charge in [0.2, 0.25) is 0 Å². The number of aliphatic carboxylic acids is 1. The van der Waals surface area contributed by atoms with E-state index < -0.39 is 12.0 Å². The molecule has 0 bridgehead atoms. The number of thioether (sulfide) groups is 1. The van der Waals surface area contributed by atoms with Gasteiger partial charge in [-0.15, -0.1) is 0 Å². The van der Waals surface area contributed by atoms with Crippen molar-refractivity contribution in [3.63, 3.8) is 0 Å². The van der Waals surface area contributed by atoms with Crippen LogP contribution in [-0.2, 0) is 17.6 Å². The van der Waals surface area contributed by atoms with Crippen LogP contribution in [0.3, 0.4) is 0 Å². The van der Waals surface area contributed by atoms with Crippen LogP contribution in [0.15, 0.2) is 42.1 Å². The van der Waals surface area contributed by atoms with E-state index in [1.807, 2.05) is 30.7 Å². The number of hydrogen-bond donors (Lipinski definition) is 2. The zero-order chi connectivity index (χ0) is 23.4. The first kappa shape index (κ1) is 23.6. The van der Waals surface area contributed by atoms with Crippen LogP contribution < -0.4 is 5.32 Å². The molecule has 1 aliphatic carbocycles. The largest absolute Gasteiger partial charge is 0.480 e. The highest BCUT2D eigenvalue weighted by molar-refractivity contribution is 7.98. The summed E-state index contributed by atoms with van der Waals surface area (Å²) in [7, 11) is 0. The number of halogens is 1. The van der Waals surface area contributed by atoms with Crippen LogP contribution in [0.4, 0.5) is 4.79 Å². The van der Waals surface area contributed by atoms with Crippen molar-refractivity contribution in [1.29, 1.82) is 0 Å². The molecule has 2 N–H and O–H groups in total. The van der Waals surface area contributed by atoms with Crippen LogP contribution in [0.25, 0.3) is 5.57 Å². The molecule has 0 saturated carbocycles. The number of aromatic nitrogens is 1. The van der Waals surface area contributed by atoms with Crippen LogP contribution in [0, 0.1) is 0 Å². The average molecular weight is 486 g/mol. The van der Waals surface area contributed by atoms with Crippen molar-refractivity contribution in [2.75, 3.05) is 25.1 Å². The molecular weight excluding hydrogens is 458 g/mol. The van der Waals surface area contributed by atoms with Crippen LogP contribution in [0.5, 0.6) is 0 Å². The Kier molecular flexibility index (Phi) is 7.60. The highest BCUT2D eigenvalue weighted by Crippen LogP contribution is 2.38. The summed E-state index contributed by atoms with van der Waals surface area (Å²) in [6.45, 7) is 1.09. The smallest absolute Gasteiger partial charge is 0.326 e. The number of urea groups is 1. The van der Waals surface area contributed by atoms with Crippen LogP contribution in [-0.4, -0.2) is 58.1 Å². The first-order valence-corrected chi connectivity index (χ1v) is 13.0. The lowest BCUT2D eigenvalue weighted by molar-refractivity contribution is -0.139. The van der Waals surface area contributed by atoms with Gasteiger partial charge in [-0.2, -0.15) is 11.8 Å². The second kappa shape index (κ2) is 10.6. The topological polar surface area (TPSA) is 82.5 Å². The van der Waals surface area contributed by atoms with Gasteiger partial charge in [-0.3, -0.25) is 4.98 Å². The lowest BCUT2D eigenvalue weighted by Crippen LogP contribution is -2.49. The number of rotatable bonds is 5. The number of pyridine rings is 1. The molecule has 0 radical (unpaired) electrons. The molecule has 2 aliphatic rings. The first-order valence-electron chi connectivity index (χ1n) is 11.2. The molecule has 2 aromatic rings. The third-order valence-corrected chi connectivity index (χ3v) is 7.22. The van der Waals surface area contributed by atoms with E-state index in [1.54, 1.807) is 16.7 Å². The van der Waals surface area contributed by atoms with Crippen molar-refractivity contribution >= 4 is 40.9 Å². The Balaban J connectivity index is 1.57. The number of benzene rings is 1. The SMILES string of the molecule is CSCC[C@H](NC(=O)N1CCC(=C2c3ccc(Cl)cc3CCc3cccnc32)CC1)C(=O)O. The number of aryl methyl sites for hydroxylation is 2. The number of carboxylic acid groups (broad SMARTS) is 1. The summed E-state index contributed by atoms with van der Waals surface area (Å²) in [5.41, 5.74) is 7.09. The summed E-state index contributed by atoms with van der Waals surface area (Å²) in [5, 5.41) is 12.9. The molecule has 1 atom stereocenters. The zero-order valence-corrected chi connectivity index (χ0v) is 20.2. The van der Waals surface area contributed by atoms with Crippen molar-refractivity contribution in [3.05, 3.63) is 69.5 Å². The lowest BCUT2D eigenvalue weighted by atomic mass is 9.88. The van der Waals surface area contributed by atoms with E-state index in [0.29, 0.717) is 25.3 Å². The van der Waals surface area contributed by atoms with E-state index in [2.05, 4.69) is 17.4 Å². The highest BCUT2D eigenvalue weighted by atomic mass is 35.5. The number of nitrogens with one attached hydrogen (secondary N) is 1. The molecule has 1 aromatic heterocycles. The third-order valence-electron chi connectivity index (χ3n) is 6.34. The minimum absolute atomic E-state index is 0.306. The number of carbonyl (C=O) groups is 2. The van der Waals surface area contributed by atoms with Crippen molar-refractivity contribution in [1.82, 2.24) is 15.2 Å². The normalized spacial score (nSPS) is 16.5. The van der Waals surface area contributed by atoms with Crippen molar-refractivity contribution in [2.45, 2.75) is 38.1 Å². The van der Waals surface area contributed by atoms with E-state index in [1.165, 1.54) is 27.8 Å². The van der Waals surface area contributed by atoms with Gasteiger partial charge in [0.05, 0.1) is 5.69 Å². The number of carboxylic acids is 1. The van der Waals surface area contributed by atoms with Gasteiger partial charge >= 0.3 is 12.0 Å². The fourth-order valence-electron chi connectivity index (χ4n) is 4.60. The summed E-state index contributed by atoms with van der Waals surface area (Å²) in [6, 6.07) is 9.02. The van der Waals surface area contributed by atoms with Gasteiger partial charge in [0.1, 0.15) is 6.04 Å². The van der Waals surface area contributed by atoms with Gasteiger partial charge in [0, 0.05) is 29.9 Å². The van der Waals surface area contributed by atoms with Crippen molar-refractivity contribution < 1.29 is 14.7 Å². The van der Waals surface area contributed by atoms with Crippen molar-refractivity contribution in [2.24, 2.45) is 0 Å². The highest BCUT2D eigenvalue weighted by Gasteiger charge is 2.28. The number of piperidine rings is 1. The Bertz CT molecular complexity index is 1080. The molecule has 1 fully saturated rings. The Labute approximate surface area is 203 Å². The van der Waals surface area contributed by atoms with Gasteiger partial charge < -0.3 is 15.3 Å². The predicted molar refractivity (Wildman–Crippen MR) is 133 cm³/mol. The molecule has 1 aromatic carbocycles. The van der Waals surface area contributed by atoms with Gasteiger partial charge in [-0.05, 0) is 79.0 Å². The van der Waals surface area contributed by atoms with Crippen LogP contribution in [0.1, 0.15) is 41.6 Å². The molecule has 6 nitrogen and oxygen atoms in total. The van der Waals surface area contributed by atoms with Gasteiger partial charge in [0.25, 0.3) is 0 Å².